The molecule has 0 amide bonds. The molecule has 1 saturated carbocycles. The molecule has 0 atom stereocenters. The molecular formula is C22H31IN6. The Morgan fingerprint density at radius 1 is 1.03 bits per heavy atom. The van der Waals surface area contributed by atoms with Crippen molar-refractivity contribution in [1.29, 1.82) is 0 Å². The summed E-state index contributed by atoms with van der Waals surface area (Å²) in [5, 5.41) is 3.51. The maximum atomic E-state index is 5.09. The largest absolute Gasteiger partial charge is 0.357 e. The van der Waals surface area contributed by atoms with Gasteiger partial charge in [0.1, 0.15) is 0 Å². The van der Waals surface area contributed by atoms with Crippen molar-refractivity contribution in [3.05, 3.63) is 54.4 Å². The molecule has 1 aromatic heterocycles. The van der Waals surface area contributed by atoms with Crippen LogP contribution in [-0.2, 0) is 5.41 Å². The van der Waals surface area contributed by atoms with E-state index in [0.717, 1.165) is 51.2 Å². The minimum atomic E-state index is 0. The molecule has 2 heterocycles. The van der Waals surface area contributed by atoms with E-state index in [0.29, 0.717) is 0 Å². The molecule has 4 rings (SSSR count). The zero-order valence-electron chi connectivity index (χ0n) is 17.1. The van der Waals surface area contributed by atoms with Crippen LogP contribution in [0.1, 0.15) is 31.7 Å². The van der Waals surface area contributed by atoms with Crippen LogP contribution in [0.2, 0.25) is 0 Å². The summed E-state index contributed by atoms with van der Waals surface area (Å²) in [6.45, 7) is 7.59. The number of halogens is 1. The number of hydrogen-bond donors (Lipinski definition) is 1. The van der Waals surface area contributed by atoms with Gasteiger partial charge in [-0.1, -0.05) is 36.8 Å². The predicted octanol–water partition coefficient (Wildman–Crippen LogP) is 3.30. The van der Waals surface area contributed by atoms with Crippen molar-refractivity contribution in [2.75, 3.05) is 44.2 Å². The maximum Gasteiger partial charge on any atom is 0.225 e. The number of aromatic nitrogens is 2. The van der Waals surface area contributed by atoms with Crippen molar-refractivity contribution < 1.29 is 0 Å². The number of aliphatic imine (C=N–C) groups is 1. The van der Waals surface area contributed by atoms with Crippen molar-refractivity contribution in [2.24, 2.45) is 4.99 Å². The molecule has 1 aromatic carbocycles. The number of nitrogens with one attached hydrogen (secondary N) is 1. The second-order valence-electron chi connectivity index (χ2n) is 7.69. The summed E-state index contributed by atoms with van der Waals surface area (Å²) in [4.78, 5) is 18.5. The van der Waals surface area contributed by atoms with Gasteiger partial charge in [0.05, 0.1) is 6.54 Å². The molecule has 1 aliphatic carbocycles. The molecule has 2 aliphatic rings. The van der Waals surface area contributed by atoms with Gasteiger partial charge in [-0.15, -0.1) is 24.0 Å². The van der Waals surface area contributed by atoms with Crippen LogP contribution in [0.4, 0.5) is 5.95 Å². The SMILES string of the molecule is CCNC(=NCC1(c2ccccc2)CCC1)N1CCN(c2ncccn2)CC1.I. The van der Waals surface area contributed by atoms with E-state index in [1.807, 2.05) is 18.5 Å². The highest BCUT2D eigenvalue weighted by molar-refractivity contribution is 14.0. The molecule has 0 bridgehead atoms. The quantitative estimate of drug-likeness (QED) is 0.383. The van der Waals surface area contributed by atoms with Crippen LogP contribution in [0.15, 0.2) is 53.8 Å². The molecule has 1 saturated heterocycles. The summed E-state index contributed by atoms with van der Waals surface area (Å²) in [5.41, 5.74) is 1.66. The number of guanidine groups is 1. The van der Waals surface area contributed by atoms with Crippen molar-refractivity contribution in [2.45, 2.75) is 31.6 Å². The van der Waals surface area contributed by atoms with Crippen LogP contribution in [0.5, 0.6) is 0 Å². The fraction of sp³-hybridized carbons (Fsp3) is 0.500. The topological polar surface area (TPSA) is 56.7 Å². The molecular weight excluding hydrogens is 475 g/mol. The second-order valence-corrected chi connectivity index (χ2v) is 7.69. The predicted molar refractivity (Wildman–Crippen MR) is 129 cm³/mol. The van der Waals surface area contributed by atoms with Gasteiger partial charge in [-0.2, -0.15) is 0 Å². The van der Waals surface area contributed by atoms with Gasteiger partial charge in [-0.05, 0) is 31.4 Å². The summed E-state index contributed by atoms with van der Waals surface area (Å²) in [7, 11) is 0. The molecule has 1 aliphatic heterocycles. The lowest BCUT2D eigenvalue weighted by molar-refractivity contribution is 0.251. The van der Waals surface area contributed by atoms with Crippen molar-refractivity contribution in [3.8, 4) is 0 Å². The van der Waals surface area contributed by atoms with E-state index in [1.165, 1.54) is 24.8 Å². The van der Waals surface area contributed by atoms with Gasteiger partial charge in [-0.25, -0.2) is 9.97 Å². The van der Waals surface area contributed by atoms with Crippen LogP contribution in [0.25, 0.3) is 0 Å². The monoisotopic (exact) mass is 506 g/mol. The molecule has 0 spiro atoms. The number of hydrogen-bond acceptors (Lipinski definition) is 4. The molecule has 0 radical (unpaired) electrons. The van der Waals surface area contributed by atoms with Gasteiger partial charge in [0, 0.05) is 50.5 Å². The van der Waals surface area contributed by atoms with E-state index in [1.54, 1.807) is 0 Å². The number of nitrogens with zero attached hydrogens (tertiary/aromatic N) is 5. The van der Waals surface area contributed by atoms with E-state index < -0.39 is 0 Å². The van der Waals surface area contributed by atoms with E-state index in [4.69, 9.17) is 4.99 Å². The highest BCUT2D eigenvalue weighted by Crippen LogP contribution is 2.43. The van der Waals surface area contributed by atoms with Gasteiger partial charge in [-0.3, -0.25) is 4.99 Å². The highest BCUT2D eigenvalue weighted by Gasteiger charge is 2.38. The zero-order chi connectivity index (χ0) is 19.2. The van der Waals surface area contributed by atoms with E-state index in [-0.39, 0.29) is 29.4 Å². The highest BCUT2D eigenvalue weighted by atomic mass is 127. The summed E-state index contributed by atoms with van der Waals surface area (Å²) in [5.74, 6) is 1.86. The Labute approximate surface area is 190 Å². The van der Waals surface area contributed by atoms with Crippen LogP contribution < -0.4 is 10.2 Å². The maximum absolute atomic E-state index is 5.09. The van der Waals surface area contributed by atoms with Gasteiger partial charge < -0.3 is 15.1 Å². The third-order valence-electron chi connectivity index (χ3n) is 5.98. The summed E-state index contributed by atoms with van der Waals surface area (Å²) < 4.78 is 0. The molecule has 2 fully saturated rings. The van der Waals surface area contributed by atoms with Crippen LogP contribution in [-0.4, -0.2) is 60.1 Å². The molecule has 6 nitrogen and oxygen atoms in total. The van der Waals surface area contributed by atoms with Crippen molar-refractivity contribution >= 4 is 35.9 Å². The lowest BCUT2D eigenvalue weighted by Gasteiger charge is -2.42. The lowest BCUT2D eigenvalue weighted by Crippen LogP contribution is -2.53. The molecule has 2 aromatic rings. The first-order valence-electron chi connectivity index (χ1n) is 10.4. The minimum absolute atomic E-state index is 0. The van der Waals surface area contributed by atoms with Crippen molar-refractivity contribution in [3.63, 3.8) is 0 Å². The molecule has 7 heteroatoms. The average Bonchev–Trinajstić information content (AvgIpc) is 2.74. The van der Waals surface area contributed by atoms with Gasteiger partial charge in [0.15, 0.2) is 5.96 Å². The Morgan fingerprint density at radius 2 is 1.72 bits per heavy atom. The smallest absolute Gasteiger partial charge is 0.225 e. The Hall–Kier alpha value is -1.90. The first-order chi connectivity index (χ1) is 13.8. The van der Waals surface area contributed by atoms with Gasteiger partial charge in [0.25, 0.3) is 0 Å². The Kier molecular flexibility index (Phi) is 7.69. The third kappa shape index (κ3) is 4.99. The summed E-state index contributed by atoms with van der Waals surface area (Å²) >= 11 is 0. The molecule has 1 N–H and O–H groups in total. The first kappa shape index (κ1) is 21.8. The first-order valence-corrected chi connectivity index (χ1v) is 10.4. The third-order valence-corrected chi connectivity index (χ3v) is 5.98. The zero-order valence-corrected chi connectivity index (χ0v) is 19.5. The summed E-state index contributed by atoms with van der Waals surface area (Å²) in [6, 6.07) is 12.8. The Morgan fingerprint density at radius 3 is 2.31 bits per heavy atom. The van der Waals surface area contributed by atoms with Crippen LogP contribution in [0, 0.1) is 0 Å². The van der Waals surface area contributed by atoms with Gasteiger partial charge >= 0.3 is 0 Å². The van der Waals surface area contributed by atoms with Crippen LogP contribution in [0.3, 0.4) is 0 Å². The van der Waals surface area contributed by atoms with E-state index in [9.17, 15) is 0 Å². The second kappa shape index (κ2) is 10.2. The normalized spacial score (nSPS) is 18.6. The lowest BCUT2D eigenvalue weighted by atomic mass is 9.64. The standard InChI is InChI=1S/C22H30N6.HI/c1-2-23-20(26-18-22(10-6-11-22)19-8-4-3-5-9-19)27-14-16-28(17-15-27)21-24-12-7-13-25-21;/h3-5,7-9,12-13H,2,6,10-11,14-18H2,1H3,(H,23,26);1H. The Bertz CT molecular complexity index is 770. The molecule has 0 unspecified atom stereocenters. The number of anilines is 1. The fourth-order valence-corrected chi connectivity index (χ4v) is 4.16. The number of benzene rings is 1. The molecule has 29 heavy (non-hydrogen) atoms. The summed E-state index contributed by atoms with van der Waals surface area (Å²) in [6.07, 6.45) is 7.39. The van der Waals surface area contributed by atoms with Gasteiger partial charge in [0.2, 0.25) is 5.95 Å². The van der Waals surface area contributed by atoms with Crippen LogP contribution >= 0.6 is 24.0 Å². The number of rotatable bonds is 5. The number of piperazine rings is 1. The fourth-order valence-electron chi connectivity index (χ4n) is 4.16. The Balaban J connectivity index is 0.00000240. The van der Waals surface area contributed by atoms with E-state index >= 15 is 0 Å². The van der Waals surface area contributed by atoms with Crippen molar-refractivity contribution in [1.82, 2.24) is 20.2 Å². The average molecular weight is 506 g/mol. The molecule has 156 valence electrons. The minimum Gasteiger partial charge on any atom is -0.357 e. The van der Waals surface area contributed by atoms with E-state index in [2.05, 4.69) is 62.3 Å².